The molecule has 1 aliphatic heterocycles. The Kier molecular flexibility index (Phi) is 3.19. The lowest BCUT2D eigenvalue weighted by Crippen LogP contribution is -2.39. The van der Waals surface area contributed by atoms with Crippen molar-refractivity contribution in [1.29, 1.82) is 0 Å². The van der Waals surface area contributed by atoms with E-state index in [9.17, 15) is 15.0 Å². The molecule has 2 unspecified atom stereocenters. The SMILES string of the molecule is CC1CNCC1NC(=O)c1c(O)cccc1O. The number of benzene rings is 1. The molecule has 0 aliphatic carbocycles. The van der Waals surface area contributed by atoms with Crippen LogP contribution >= 0.6 is 0 Å². The first kappa shape index (κ1) is 11.7. The van der Waals surface area contributed by atoms with Crippen molar-refractivity contribution in [2.24, 2.45) is 5.92 Å². The molecular weight excluding hydrogens is 220 g/mol. The molecule has 1 fully saturated rings. The van der Waals surface area contributed by atoms with Gasteiger partial charge in [0, 0.05) is 12.6 Å². The molecule has 1 aromatic carbocycles. The van der Waals surface area contributed by atoms with E-state index in [1.807, 2.05) is 6.92 Å². The third kappa shape index (κ3) is 2.34. The lowest BCUT2D eigenvalue weighted by atomic mass is 10.1. The minimum absolute atomic E-state index is 0.0292. The predicted octanol–water partition coefficient (Wildman–Crippen LogP) is 0.435. The van der Waals surface area contributed by atoms with E-state index in [-0.39, 0.29) is 23.1 Å². The topological polar surface area (TPSA) is 81.6 Å². The van der Waals surface area contributed by atoms with Crippen molar-refractivity contribution in [3.05, 3.63) is 23.8 Å². The molecule has 0 spiro atoms. The Labute approximate surface area is 99.5 Å². The predicted molar refractivity (Wildman–Crippen MR) is 63.1 cm³/mol. The van der Waals surface area contributed by atoms with E-state index in [0.717, 1.165) is 6.54 Å². The van der Waals surface area contributed by atoms with Crippen molar-refractivity contribution < 1.29 is 15.0 Å². The van der Waals surface area contributed by atoms with Crippen molar-refractivity contribution in [2.75, 3.05) is 13.1 Å². The Morgan fingerprint density at radius 3 is 2.53 bits per heavy atom. The first-order valence-electron chi connectivity index (χ1n) is 5.62. The number of rotatable bonds is 2. The van der Waals surface area contributed by atoms with Crippen LogP contribution < -0.4 is 10.6 Å². The lowest BCUT2D eigenvalue weighted by Gasteiger charge is -2.17. The molecule has 2 atom stereocenters. The largest absolute Gasteiger partial charge is 0.507 e. The molecule has 0 saturated carbocycles. The zero-order valence-electron chi connectivity index (χ0n) is 9.60. The second kappa shape index (κ2) is 4.63. The summed E-state index contributed by atoms with van der Waals surface area (Å²) in [4.78, 5) is 11.9. The van der Waals surface area contributed by atoms with E-state index in [4.69, 9.17) is 0 Å². The summed E-state index contributed by atoms with van der Waals surface area (Å²) in [6.07, 6.45) is 0. The molecule has 92 valence electrons. The molecule has 17 heavy (non-hydrogen) atoms. The number of hydrogen-bond donors (Lipinski definition) is 4. The van der Waals surface area contributed by atoms with Crippen molar-refractivity contribution in [3.63, 3.8) is 0 Å². The fourth-order valence-electron chi connectivity index (χ4n) is 2.00. The second-order valence-electron chi connectivity index (χ2n) is 4.39. The maximum absolute atomic E-state index is 11.9. The van der Waals surface area contributed by atoms with Crippen LogP contribution in [0, 0.1) is 5.92 Å². The molecule has 1 heterocycles. The summed E-state index contributed by atoms with van der Waals surface area (Å²) in [5.41, 5.74) is -0.0633. The summed E-state index contributed by atoms with van der Waals surface area (Å²) in [6, 6.07) is 4.28. The highest BCUT2D eigenvalue weighted by molar-refractivity contribution is 5.99. The van der Waals surface area contributed by atoms with Gasteiger partial charge in [0.15, 0.2) is 0 Å². The average molecular weight is 236 g/mol. The maximum atomic E-state index is 11.9. The monoisotopic (exact) mass is 236 g/mol. The van der Waals surface area contributed by atoms with E-state index in [2.05, 4.69) is 10.6 Å². The minimum Gasteiger partial charge on any atom is -0.507 e. The van der Waals surface area contributed by atoms with Crippen molar-refractivity contribution in [1.82, 2.24) is 10.6 Å². The van der Waals surface area contributed by atoms with E-state index in [1.165, 1.54) is 18.2 Å². The Balaban J connectivity index is 2.14. The van der Waals surface area contributed by atoms with Crippen LogP contribution in [-0.2, 0) is 0 Å². The van der Waals surface area contributed by atoms with Gasteiger partial charge in [-0.25, -0.2) is 0 Å². The van der Waals surface area contributed by atoms with Crippen LogP contribution in [0.2, 0.25) is 0 Å². The van der Waals surface area contributed by atoms with Crippen LogP contribution in [0.5, 0.6) is 11.5 Å². The summed E-state index contributed by atoms with van der Waals surface area (Å²) < 4.78 is 0. The highest BCUT2D eigenvalue weighted by Crippen LogP contribution is 2.26. The fourth-order valence-corrected chi connectivity index (χ4v) is 2.00. The Bertz CT molecular complexity index is 414. The Morgan fingerprint density at radius 2 is 2.00 bits per heavy atom. The smallest absolute Gasteiger partial charge is 0.259 e. The zero-order valence-corrected chi connectivity index (χ0v) is 9.60. The number of nitrogens with one attached hydrogen (secondary N) is 2. The van der Waals surface area contributed by atoms with Crippen LogP contribution in [0.4, 0.5) is 0 Å². The molecule has 0 bridgehead atoms. The maximum Gasteiger partial charge on any atom is 0.259 e. The van der Waals surface area contributed by atoms with Gasteiger partial charge in [-0.3, -0.25) is 4.79 Å². The number of carbonyl (C=O) groups is 1. The number of amides is 1. The summed E-state index contributed by atoms with van der Waals surface area (Å²) in [5, 5.41) is 25.1. The normalized spacial score (nSPS) is 23.6. The zero-order chi connectivity index (χ0) is 12.4. The molecule has 0 radical (unpaired) electrons. The molecule has 1 aromatic rings. The highest BCUT2D eigenvalue weighted by Gasteiger charge is 2.26. The van der Waals surface area contributed by atoms with Gasteiger partial charge in [-0.05, 0) is 24.6 Å². The number of aromatic hydroxyl groups is 2. The second-order valence-corrected chi connectivity index (χ2v) is 4.39. The fraction of sp³-hybridized carbons (Fsp3) is 0.417. The third-order valence-electron chi connectivity index (χ3n) is 3.08. The third-order valence-corrected chi connectivity index (χ3v) is 3.08. The molecule has 5 heteroatoms. The molecule has 2 rings (SSSR count). The van der Waals surface area contributed by atoms with Gasteiger partial charge >= 0.3 is 0 Å². The Hall–Kier alpha value is -1.75. The molecule has 0 aromatic heterocycles. The highest BCUT2D eigenvalue weighted by atomic mass is 16.3. The quantitative estimate of drug-likeness (QED) is 0.600. The number of phenolic OH excluding ortho intramolecular Hbond substituents is 2. The van der Waals surface area contributed by atoms with Gasteiger partial charge in [0.1, 0.15) is 17.1 Å². The van der Waals surface area contributed by atoms with Crippen LogP contribution in [0.3, 0.4) is 0 Å². The summed E-state index contributed by atoms with van der Waals surface area (Å²) >= 11 is 0. The van der Waals surface area contributed by atoms with Crippen LogP contribution in [-0.4, -0.2) is 35.3 Å². The number of carbonyl (C=O) groups excluding carboxylic acids is 1. The first-order chi connectivity index (χ1) is 8.09. The first-order valence-corrected chi connectivity index (χ1v) is 5.62. The number of hydrogen-bond acceptors (Lipinski definition) is 4. The molecule has 1 amide bonds. The molecule has 1 saturated heterocycles. The van der Waals surface area contributed by atoms with Gasteiger partial charge in [-0.2, -0.15) is 0 Å². The van der Waals surface area contributed by atoms with Gasteiger partial charge in [-0.1, -0.05) is 13.0 Å². The van der Waals surface area contributed by atoms with Gasteiger partial charge in [0.2, 0.25) is 0 Å². The molecular formula is C12H16N2O3. The van der Waals surface area contributed by atoms with E-state index in [1.54, 1.807) is 0 Å². The van der Waals surface area contributed by atoms with Gasteiger partial charge in [0.05, 0.1) is 0 Å². The standard InChI is InChI=1S/C12H16N2O3/c1-7-5-13-6-8(7)14-12(17)11-9(15)3-2-4-10(11)16/h2-4,7-8,13,15-16H,5-6H2,1H3,(H,14,17). The van der Waals surface area contributed by atoms with Crippen molar-refractivity contribution >= 4 is 5.91 Å². The van der Waals surface area contributed by atoms with Crippen LogP contribution in [0.25, 0.3) is 0 Å². The van der Waals surface area contributed by atoms with Gasteiger partial charge < -0.3 is 20.8 Å². The Morgan fingerprint density at radius 1 is 1.35 bits per heavy atom. The number of phenols is 2. The van der Waals surface area contributed by atoms with E-state index < -0.39 is 5.91 Å². The molecule has 1 aliphatic rings. The summed E-state index contributed by atoms with van der Waals surface area (Å²) in [5.74, 6) is -0.518. The summed E-state index contributed by atoms with van der Waals surface area (Å²) in [6.45, 7) is 3.61. The molecule has 4 N–H and O–H groups in total. The van der Waals surface area contributed by atoms with Gasteiger partial charge in [0.25, 0.3) is 5.91 Å². The van der Waals surface area contributed by atoms with E-state index in [0.29, 0.717) is 12.5 Å². The molecule has 5 nitrogen and oxygen atoms in total. The van der Waals surface area contributed by atoms with E-state index >= 15 is 0 Å². The van der Waals surface area contributed by atoms with Gasteiger partial charge in [-0.15, -0.1) is 0 Å². The van der Waals surface area contributed by atoms with Crippen LogP contribution in [0.15, 0.2) is 18.2 Å². The average Bonchev–Trinajstić information content (AvgIpc) is 2.64. The lowest BCUT2D eigenvalue weighted by molar-refractivity contribution is 0.0927. The van der Waals surface area contributed by atoms with Crippen LogP contribution in [0.1, 0.15) is 17.3 Å². The van der Waals surface area contributed by atoms with Crippen molar-refractivity contribution in [2.45, 2.75) is 13.0 Å². The van der Waals surface area contributed by atoms with Crippen molar-refractivity contribution in [3.8, 4) is 11.5 Å². The summed E-state index contributed by atoms with van der Waals surface area (Å²) in [7, 11) is 0. The minimum atomic E-state index is -0.443.